The average Bonchev–Trinajstić information content (AvgIpc) is 3.17. The molecule has 0 amide bonds. The Bertz CT molecular complexity index is 830. The molecule has 0 unspecified atom stereocenters. The highest BCUT2D eigenvalue weighted by atomic mass is 16.6. The third kappa shape index (κ3) is 3.46. The van der Waals surface area contributed by atoms with Crippen LogP contribution < -0.4 is 0 Å². The molecule has 0 radical (unpaired) electrons. The fourth-order valence-corrected chi connectivity index (χ4v) is 3.38. The van der Waals surface area contributed by atoms with E-state index in [4.69, 9.17) is 4.74 Å². The molecule has 0 aliphatic heterocycles. The van der Waals surface area contributed by atoms with Crippen LogP contribution in [-0.4, -0.2) is 28.8 Å². The number of ketones is 1. The minimum atomic E-state index is -0.455. The number of pyridine rings is 1. The molecule has 0 N–H and O–H groups in total. The van der Waals surface area contributed by atoms with E-state index in [9.17, 15) is 19.7 Å². The molecule has 0 bridgehead atoms. The minimum Gasteiger partial charge on any atom is -0.469 e. The second-order valence-electron chi connectivity index (χ2n) is 6.27. The number of nitrogens with zero attached hydrogens (tertiary/aromatic N) is 2. The number of ether oxygens (including phenoxy) is 1. The van der Waals surface area contributed by atoms with Crippen molar-refractivity contribution in [3.63, 3.8) is 0 Å². The highest BCUT2D eigenvalue weighted by molar-refractivity contribution is 5.99. The molecular weight excluding hydrogens is 336 g/mol. The fourth-order valence-electron chi connectivity index (χ4n) is 3.38. The normalized spacial score (nSPS) is 19.1. The number of nitro groups is 1. The Labute approximate surface area is 150 Å². The first-order valence-electron chi connectivity index (χ1n) is 8.34. The van der Waals surface area contributed by atoms with Gasteiger partial charge in [0.1, 0.15) is 5.69 Å². The van der Waals surface area contributed by atoms with E-state index >= 15 is 0 Å². The first-order valence-corrected chi connectivity index (χ1v) is 8.34. The van der Waals surface area contributed by atoms with Crippen molar-refractivity contribution < 1.29 is 19.2 Å². The Hall–Kier alpha value is -3.09. The predicted molar refractivity (Wildman–Crippen MR) is 93.5 cm³/mol. The number of hydrogen-bond donors (Lipinski definition) is 0. The number of hydrogen-bond acceptors (Lipinski definition) is 6. The van der Waals surface area contributed by atoms with Crippen LogP contribution in [0.25, 0.3) is 11.1 Å². The summed E-state index contributed by atoms with van der Waals surface area (Å²) in [7, 11) is 1.33. The van der Waals surface area contributed by atoms with Crippen LogP contribution in [0.15, 0.2) is 42.6 Å². The number of benzene rings is 1. The molecule has 1 heterocycles. The summed E-state index contributed by atoms with van der Waals surface area (Å²) in [5, 5.41) is 10.7. The van der Waals surface area contributed by atoms with E-state index in [0.717, 1.165) is 17.5 Å². The largest absolute Gasteiger partial charge is 0.469 e. The fraction of sp³-hybridized carbons (Fsp3) is 0.316. The zero-order valence-corrected chi connectivity index (χ0v) is 14.3. The predicted octanol–water partition coefficient (Wildman–Crippen LogP) is 3.43. The van der Waals surface area contributed by atoms with Crippen LogP contribution in [0.3, 0.4) is 0 Å². The van der Waals surface area contributed by atoms with Crippen molar-refractivity contribution in [1.82, 2.24) is 4.98 Å². The van der Waals surface area contributed by atoms with Crippen LogP contribution in [-0.2, 0) is 9.53 Å². The smallest absolute Gasteiger partial charge is 0.309 e. The molecule has 0 spiro atoms. The van der Waals surface area contributed by atoms with E-state index in [1.165, 1.54) is 19.2 Å². The number of carbonyl (C=O) groups excluding carboxylic acids is 2. The number of esters is 1. The first kappa shape index (κ1) is 17.7. The molecule has 2 aromatic rings. The molecule has 3 rings (SSSR count). The summed E-state index contributed by atoms with van der Waals surface area (Å²) < 4.78 is 4.79. The zero-order valence-electron chi connectivity index (χ0n) is 14.3. The first-order chi connectivity index (χ1) is 12.5. The number of Topliss-reactive ketones (excluding diaryl/α,β-unsaturated/α-hetero) is 1. The standard InChI is InChI=1S/C19H18N2O5/c1-26-19(23)16-4-2-3-15(16)18(22)17-10-7-13(11-20-17)12-5-8-14(9-6-12)21(24)25/h5-11,15-16H,2-4H2,1H3/t15-,16-/m1/s1. The molecule has 1 saturated carbocycles. The van der Waals surface area contributed by atoms with Gasteiger partial charge in [-0.25, -0.2) is 0 Å². The Kier molecular flexibility index (Phi) is 5.06. The van der Waals surface area contributed by atoms with E-state index < -0.39 is 10.8 Å². The summed E-state index contributed by atoms with van der Waals surface area (Å²) in [6.07, 6.45) is 3.70. The van der Waals surface area contributed by atoms with Crippen LogP contribution >= 0.6 is 0 Å². The quantitative estimate of drug-likeness (QED) is 0.353. The molecule has 1 aromatic heterocycles. The van der Waals surface area contributed by atoms with Crippen molar-refractivity contribution in [2.75, 3.05) is 7.11 Å². The Morgan fingerprint density at radius 1 is 1.08 bits per heavy atom. The van der Waals surface area contributed by atoms with E-state index in [2.05, 4.69) is 4.98 Å². The average molecular weight is 354 g/mol. The lowest BCUT2D eigenvalue weighted by molar-refractivity contribution is -0.384. The molecule has 7 heteroatoms. The topological polar surface area (TPSA) is 99.4 Å². The SMILES string of the molecule is COC(=O)[C@@H]1CCC[C@H]1C(=O)c1ccc(-c2ccc([N+](=O)[O-])cc2)cn1. The highest BCUT2D eigenvalue weighted by Crippen LogP contribution is 2.35. The summed E-state index contributed by atoms with van der Waals surface area (Å²) in [6.45, 7) is 0. The maximum Gasteiger partial charge on any atom is 0.309 e. The van der Waals surface area contributed by atoms with Crippen LogP contribution in [0.5, 0.6) is 0 Å². The molecule has 2 atom stereocenters. The lowest BCUT2D eigenvalue weighted by Crippen LogP contribution is -2.27. The molecule has 7 nitrogen and oxygen atoms in total. The summed E-state index contributed by atoms with van der Waals surface area (Å²) in [5.74, 6) is -1.28. The summed E-state index contributed by atoms with van der Waals surface area (Å²) in [6, 6.07) is 9.51. The molecule has 1 aliphatic rings. The summed E-state index contributed by atoms with van der Waals surface area (Å²) in [4.78, 5) is 39.0. The third-order valence-corrected chi connectivity index (χ3v) is 4.78. The van der Waals surface area contributed by atoms with Crippen LogP contribution in [0.4, 0.5) is 5.69 Å². The molecule has 1 aromatic carbocycles. The van der Waals surface area contributed by atoms with Crippen molar-refractivity contribution in [3.05, 3.63) is 58.4 Å². The van der Waals surface area contributed by atoms with Gasteiger partial charge in [-0.2, -0.15) is 0 Å². The van der Waals surface area contributed by atoms with Crippen LogP contribution in [0.1, 0.15) is 29.8 Å². The van der Waals surface area contributed by atoms with E-state index in [0.29, 0.717) is 18.5 Å². The number of rotatable bonds is 5. The lowest BCUT2D eigenvalue weighted by Gasteiger charge is -2.15. The van der Waals surface area contributed by atoms with E-state index in [1.54, 1.807) is 30.5 Å². The van der Waals surface area contributed by atoms with Gasteiger partial charge >= 0.3 is 5.97 Å². The zero-order chi connectivity index (χ0) is 18.7. The number of non-ortho nitro benzene ring substituents is 1. The van der Waals surface area contributed by atoms with Crippen LogP contribution in [0.2, 0.25) is 0 Å². The second-order valence-corrected chi connectivity index (χ2v) is 6.27. The molecule has 1 aliphatic carbocycles. The van der Waals surface area contributed by atoms with Crippen molar-refractivity contribution in [2.24, 2.45) is 11.8 Å². The van der Waals surface area contributed by atoms with Crippen LogP contribution in [0, 0.1) is 22.0 Å². The highest BCUT2D eigenvalue weighted by Gasteiger charge is 2.39. The Balaban J connectivity index is 1.77. The molecule has 26 heavy (non-hydrogen) atoms. The monoisotopic (exact) mass is 354 g/mol. The van der Waals surface area contributed by atoms with Crippen molar-refractivity contribution in [3.8, 4) is 11.1 Å². The second kappa shape index (κ2) is 7.43. The Morgan fingerprint density at radius 2 is 1.73 bits per heavy atom. The van der Waals surface area contributed by atoms with Gasteiger partial charge in [0.15, 0.2) is 5.78 Å². The van der Waals surface area contributed by atoms with Gasteiger partial charge in [-0.05, 0) is 36.6 Å². The lowest BCUT2D eigenvalue weighted by atomic mass is 9.90. The molecule has 134 valence electrons. The van der Waals surface area contributed by atoms with Crippen molar-refractivity contribution in [1.29, 1.82) is 0 Å². The van der Waals surface area contributed by atoms with Gasteiger partial charge in [-0.15, -0.1) is 0 Å². The summed E-state index contributed by atoms with van der Waals surface area (Å²) in [5.41, 5.74) is 1.86. The van der Waals surface area contributed by atoms with E-state index in [1.807, 2.05) is 0 Å². The molecule has 0 saturated heterocycles. The minimum absolute atomic E-state index is 0.0172. The van der Waals surface area contributed by atoms with Gasteiger partial charge < -0.3 is 4.74 Å². The molecular formula is C19H18N2O5. The maximum atomic E-state index is 12.7. The van der Waals surface area contributed by atoms with Crippen molar-refractivity contribution in [2.45, 2.75) is 19.3 Å². The Morgan fingerprint density at radius 3 is 2.31 bits per heavy atom. The van der Waals surface area contributed by atoms with Gasteiger partial charge in [0.05, 0.1) is 18.0 Å². The number of aromatic nitrogens is 1. The van der Waals surface area contributed by atoms with Gasteiger partial charge in [0, 0.05) is 29.8 Å². The van der Waals surface area contributed by atoms with Gasteiger partial charge in [-0.3, -0.25) is 24.7 Å². The number of carbonyl (C=O) groups is 2. The number of nitro benzene ring substituents is 1. The molecule has 1 fully saturated rings. The van der Waals surface area contributed by atoms with Crippen molar-refractivity contribution >= 4 is 17.4 Å². The summed E-state index contributed by atoms with van der Waals surface area (Å²) >= 11 is 0. The maximum absolute atomic E-state index is 12.7. The van der Waals surface area contributed by atoms with Gasteiger partial charge in [0.2, 0.25) is 0 Å². The van der Waals surface area contributed by atoms with Gasteiger partial charge in [-0.1, -0.05) is 12.5 Å². The van der Waals surface area contributed by atoms with Gasteiger partial charge in [0.25, 0.3) is 5.69 Å². The van der Waals surface area contributed by atoms with E-state index in [-0.39, 0.29) is 23.4 Å². The third-order valence-electron chi connectivity index (χ3n) is 4.78. The number of methoxy groups -OCH3 is 1.